The molecule has 0 atom stereocenters. The number of carbonyl (C=O) groups excluding carboxylic acids is 1. The highest BCUT2D eigenvalue weighted by Gasteiger charge is 2.24. The molecule has 2 saturated heterocycles. The van der Waals surface area contributed by atoms with E-state index in [1.54, 1.807) is 11.9 Å². The number of hydrogen-bond donors (Lipinski definition) is 2. The second kappa shape index (κ2) is 11.1. The lowest BCUT2D eigenvalue weighted by Gasteiger charge is -2.32. The molecule has 0 aromatic heterocycles. The number of rotatable bonds is 5. The lowest BCUT2D eigenvalue weighted by Crippen LogP contribution is -2.49. The second-order valence-corrected chi connectivity index (χ2v) is 8.37. The molecule has 2 fully saturated rings. The van der Waals surface area contributed by atoms with Crippen molar-refractivity contribution in [2.45, 2.75) is 52.1 Å². The van der Waals surface area contributed by atoms with Crippen LogP contribution in [0, 0.1) is 5.92 Å². The maximum absolute atomic E-state index is 11.8. The average Bonchev–Trinajstić information content (AvgIpc) is 2.78. The van der Waals surface area contributed by atoms with Gasteiger partial charge in [0.2, 0.25) is 0 Å². The Morgan fingerprint density at radius 1 is 1.10 bits per heavy atom. The van der Waals surface area contributed by atoms with Gasteiger partial charge in [0.05, 0.1) is 6.61 Å². The number of amides is 1. The van der Waals surface area contributed by atoms with Crippen molar-refractivity contribution in [3.63, 3.8) is 0 Å². The molecule has 7 nitrogen and oxygen atoms in total. The number of hydrogen-bond acceptors (Lipinski definition) is 4. The molecular weight excluding hydrogens is 378 g/mol. The quantitative estimate of drug-likeness (QED) is 0.571. The third-order valence-electron chi connectivity index (χ3n) is 6.13. The number of aliphatic imine (C=N–C) groups is 1. The van der Waals surface area contributed by atoms with Crippen LogP contribution in [0.4, 0.5) is 10.5 Å². The van der Waals surface area contributed by atoms with Gasteiger partial charge in [0.15, 0.2) is 5.96 Å². The smallest absolute Gasteiger partial charge is 0.409 e. The number of benzene rings is 1. The molecule has 7 heteroatoms. The third-order valence-corrected chi connectivity index (χ3v) is 6.13. The van der Waals surface area contributed by atoms with Crippen LogP contribution in [0.15, 0.2) is 29.3 Å². The van der Waals surface area contributed by atoms with Crippen LogP contribution in [-0.4, -0.2) is 62.8 Å². The van der Waals surface area contributed by atoms with Crippen LogP contribution in [0.5, 0.6) is 0 Å². The van der Waals surface area contributed by atoms with Crippen molar-refractivity contribution in [2.75, 3.05) is 44.7 Å². The van der Waals surface area contributed by atoms with E-state index in [0.717, 1.165) is 44.4 Å². The summed E-state index contributed by atoms with van der Waals surface area (Å²) in [7, 11) is 1.80. The molecule has 1 aromatic carbocycles. The number of anilines is 1. The minimum absolute atomic E-state index is 0.207. The van der Waals surface area contributed by atoms with Crippen molar-refractivity contribution in [3.05, 3.63) is 29.8 Å². The van der Waals surface area contributed by atoms with Crippen molar-refractivity contribution in [3.8, 4) is 0 Å². The number of nitrogens with one attached hydrogen (secondary N) is 2. The molecule has 0 unspecified atom stereocenters. The van der Waals surface area contributed by atoms with E-state index in [4.69, 9.17) is 4.74 Å². The Kier molecular flexibility index (Phi) is 8.22. The van der Waals surface area contributed by atoms with Crippen molar-refractivity contribution >= 4 is 17.7 Å². The van der Waals surface area contributed by atoms with E-state index in [1.807, 2.05) is 6.92 Å². The van der Waals surface area contributed by atoms with Crippen LogP contribution in [-0.2, 0) is 11.3 Å². The van der Waals surface area contributed by atoms with Crippen molar-refractivity contribution in [1.82, 2.24) is 15.5 Å². The van der Waals surface area contributed by atoms with Crippen molar-refractivity contribution < 1.29 is 9.53 Å². The van der Waals surface area contributed by atoms with Crippen LogP contribution in [0.3, 0.4) is 0 Å². The Bertz CT molecular complexity index is 690. The number of piperidine rings is 2. The Morgan fingerprint density at radius 2 is 1.77 bits per heavy atom. The number of carbonyl (C=O) groups is 1. The zero-order valence-corrected chi connectivity index (χ0v) is 18.7. The first kappa shape index (κ1) is 22.2. The van der Waals surface area contributed by atoms with Gasteiger partial charge in [-0.05, 0) is 56.2 Å². The maximum Gasteiger partial charge on any atom is 0.409 e. The summed E-state index contributed by atoms with van der Waals surface area (Å²) in [6, 6.07) is 9.17. The van der Waals surface area contributed by atoms with Gasteiger partial charge in [0.1, 0.15) is 0 Å². The molecule has 2 heterocycles. The summed E-state index contributed by atoms with van der Waals surface area (Å²) in [5, 5.41) is 6.90. The topological polar surface area (TPSA) is 69.2 Å². The van der Waals surface area contributed by atoms with Crippen LogP contribution in [0.2, 0.25) is 0 Å². The van der Waals surface area contributed by atoms with Crippen LogP contribution in [0.1, 0.15) is 45.1 Å². The third kappa shape index (κ3) is 6.28. The first-order chi connectivity index (χ1) is 14.6. The standard InChI is InChI=1S/C23H37N5O2/c1-4-30-23(29)28-15-11-20(12-16-28)26-22(24-3)25-17-19-5-7-21(8-6-19)27-13-9-18(2)10-14-27/h5-8,18,20H,4,9-17H2,1-3H3,(H2,24,25,26). The van der Waals surface area contributed by atoms with E-state index in [2.05, 4.69) is 51.7 Å². The van der Waals surface area contributed by atoms with E-state index < -0.39 is 0 Å². The van der Waals surface area contributed by atoms with Gasteiger partial charge in [-0.1, -0.05) is 19.1 Å². The first-order valence-electron chi connectivity index (χ1n) is 11.3. The molecule has 0 bridgehead atoms. The second-order valence-electron chi connectivity index (χ2n) is 8.37. The highest BCUT2D eigenvalue weighted by Crippen LogP contribution is 2.23. The molecule has 2 N–H and O–H groups in total. The molecule has 0 radical (unpaired) electrons. The first-order valence-corrected chi connectivity index (χ1v) is 11.3. The van der Waals surface area contributed by atoms with Gasteiger partial charge < -0.3 is 25.2 Å². The largest absolute Gasteiger partial charge is 0.450 e. The molecule has 166 valence electrons. The Hall–Kier alpha value is -2.44. The molecule has 3 rings (SSSR count). The van der Waals surface area contributed by atoms with Gasteiger partial charge in [-0.25, -0.2) is 4.79 Å². The number of ether oxygens (including phenoxy) is 1. The Labute approximate surface area is 180 Å². The Balaban J connectivity index is 1.42. The molecule has 0 saturated carbocycles. The van der Waals surface area contributed by atoms with Gasteiger partial charge in [-0.2, -0.15) is 0 Å². The molecule has 2 aliphatic rings. The summed E-state index contributed by atoms with van der Waals surface area (Å²) >= 11 is 0. The fraction of sp³-hybridized carbons (Fsp3) is 0.652. The minimum Gasteiger partial charge on any atom is -0.450 e. The summed E-state index contributed by atoms with van der Waals surface area (Å²) in [6.07, 6.45) is 4.14. The predicted molar refractivity (Wildman–Crippen MR) is 122 cm³/mol. The summed E-state index contributed by atoms with van der Waals surface area (Å²) in [4.78, 5) is 20.5. The van der Waals surface area contributed by atoms with Gasteiger partial charge >= 0.3 is 6.09 Å². The fourth-order valence-electron chi connectivity index (χ4n) is 4.09. The van der Waals surface area contributed by atoms with Crippen molar-refractivity contribution in [1.29, 1.82) is 0 Å². The van der Waals surface area contributed by atoms with E-state index in [9.17, 15) is 4.79 Å². The molecule has 1 aromatic rings. The fourth-order valence-corrected chi connectivity index (χ4v) is 4.09. The van der Waals surface area contributed by atoms with Crippen LogP contribution in [0.25, 0.3) is 0 Å². The molecule has 30 heavy (non-hydrogen) atoms. The number of guanidine groups is 1. The summed E-state index contributed by atoms with van der Waals surface area (Å²) in [6.45, 7) is 9.08. The normalized spacial score (nSPS) is 19.0. The SMILES string of the molecule is CCOC(=O)N1CCC(NC(=NC)NCc2ccc(N3CCC(C)CC3)cc2)CC1. The van der Waals surface area contributed by atoms with Crippen LogP contribution >= 0.6 is 0 Å². The highest BCUT2D eigenvalue weighted by atomic mass is 16.6. The minimum atomic E-state index is -0.207. The molecule has 0 aliphatic carbocycles. The lowest BCUT2D eigenvalue weighted by atomic mass is 9.99. The van der Waals surface area contributed by atoms with E-state index in [1.165, 1.54) is 24.1 Å². The monoisotopic (exact) mass is 415 g/mol. The zero-order chi connectivity index (χ0) is 21.3. The summed E-state index contributed by atoms with van der Waals surface area (Å²) in [5.74, 6) is 1.65. The highest BCUT2D eigenvalue weighted by molar-refractivity contribution is 5.80. The number of nitrogens with zero attached hydrogens (tertiary/aromatic N) is 3. The van der Waals surface area contributed by atoms with E-state index >= 15 is 0 Å². The zero-order valence-electron chi connectivity index (χ0n) is 18.7. The lowest BCUT2D eigenvalue weighted by molar-refractivity contribution is 0.0963. The molecule has 2 aliphatic heterocycles. The maximum atomic E-state index is 11.8. The number of likely N-dealkylation sites (tertiary alicyclic amines) is 1. The van der Waals surface area contributed by atoms with Crippen LogP contribution < -0.4 is 15.5 Å². The van der Waals surface area contributed by atoms with Gasteiger partial charge in [0.25, 0.3) is 0 Å². The van der Waals surface area contributed by atoms with Gasteiger partial charge in [-0.15, -0.1) is 0 Å². The average molecular weight is 416 g/mol. The molecule has 0 spiro atoms. The Morgan fingerprint density at radius 3 is 2.37 bits per heavy atom. The van der Waals surface area contributed by atoms with Gasteiger partial charge in [0, 0.05) is 51.5 Å². The summed E-state index contributed by atoms with van der Waals surface area (Å²) < 4.78 is 5.09. The van der Waals surface area contributed by atoms with E-state index in [0.29, 0.717) is 25.7 Å². The molecule has 1 amide bonds. The predicted octanol–water partition coefficient (Wildman–Crippen LogP) is 3.21. The molecular formula is C23H37N5O2. The van der Waals surface area contributed by atoms with E-state index in [-0.39, 0.29) is 6.09 Å². The summed E-state index contributed by atoms with van der Waals surface area (Å²) in [5.41, 5.74) is 2.56. The van der Waals surface area contributed by atoms with Crippen molar-refractivity contribution in [2.24, 2.45) is 10.9 Å². The van der Waals surface area contributed by atoms with Gasteiger partial charge in [-0.3, -0.25) is 4.99 Å².